The Morgan fingerprint density at radius 1 is 0.477 bits per heavy atom. The molecule has 4 heterocycles. The summed E-state index contributed by atoms with van der Waals surface area (Å²) in [5.41, 5.74) is 10.8. The normalized spacial score (nSPS) is 29.7. The van der Waals surface area contributed by atoms with Crippen LogP contribution in [0.1, 0.15) is 127 Å². The molecule has 0 amide bonds. The van der Waals surface area contributed by atoms with Gasteiger partial charge in [-0.1, -0.05) is 125 Å². The van der Waals surface area contributed by atoms with Crippen LogP contribution in [-0.4, -0.2) is 95.2 Å². The van der Waals surface area contributed by atoms with Gasteiger partial charge in [0.25, 0.3) is 0 Å². The number of benzene rings is 4. The molecule has 4 aromatic rings. The van der Waals surface area contributed by atoms with Gasteiger partial charge in [0.2, 0.25) is 0 Å². The summed E-state index contributed by atoms with van der Waals surface area (Å²) in [6.07, 6.45) is -2.43. The van der Waals surface area contributed by atoms with E-state index < -0.39 is 87.2 Å². The first kappa shape index (κ1) is 49.3. The van der Waals surface area contributed by atoms with E-state index in [0.717, 1.165) is 71.9 Å². The number of hydrogen-bond acceptors (Lipinski definition) is 12. The lowest BCUT2D eigenvalue weighted by atomic mass is 9.93. The van der Waals surface area contributed by atoms with E-state index in [4.69, 9.17) is 37.9 Å². The number of aliphatic hydroxyl groups excluding tert-OH is 4. The molecule has 0 aromatic heterocycles. The highest BCUT2D eigenvalue weighted by molar-refractivity contribution is 5.32. The zero-order chi connectivity index (χ0) is 46.2. The highest BCUT2D eigenvalue weighted by Gasteiger charge is 2.52. The maximum Gasteiger partial charge on any atom is 0.184 e. The molecule has 4 saturated heterocycles. The molecule has 4 aromatic carbocycles. The fraction of sp³-hybridized carbons (Fsp3) is 0.547. The fourth-order valence-electron chi connectivity index (χ4n) is 8.96. The maximum absolute atomic E-state index is 10.7. The van der Waals surface area contributed by atoms with Crippen molar-refractivity contribution in [2.75, 3.05) is 19.8 Å². The highest BCUT2D eigenvalue weighted by atomic mass is 16.8. The van der Waals surface area contributed by atoms with Crippen LogP contribution in [0.2, 0.25) is 0 Å². The molecule has 0 bridgehead atoms. The Morgan fingerprint density at radius 2 is 0.923 bits per heavy atom. The van der Waals surface area contributed by atoms with Crippen LogP contribution in [0.5, 0.6) is 0 Å². The molecule has 12 heteroatoms. The van der Waals surface area contributed by atoms with Crippen molar-refractivity contribution in [1.82, 2.24) is 0 Å². The predicted molar refractivity (Wildman–Crippen MR) is 245 cm³/mol. The summed E-state index contributed by atoms with van der Waals surface area (Å²) in [7, 11) is 0. The molecule has 4 aliphatic rings. The summed E-state index contributed by atoms with van der Waals surface area (Å²) >= 11 is 0. The molecule has 4 aliphatic heterocycles. The molecule has 4 N–H and O–H groups in total. The Bertz CT molecular complexity index is 2090. The number of aliphatic hydroxyl groups is 4. The molecule has 0 saturated carbocycles. The van der Waals surface area contributed by atoms with Gasteiger partial charge in [-0.15, -0.1) is 0 Å². The summed E-state index contributed by atoms with van der Waals surface area (Å²) in [5.74, 6) is 0. The van der Waals surface area contributed by atoms with Gasteiger partial charge in [-0.3, -0.25) is 0 Å². The minimum atomic E-state index is -1.10. The number of hydrogen-bond donors (Lipinski definition) is 4. The van der Waals surface area contributed by atoms with Crippen molar-refractivity contribution in [3.05, 3.63) is 141 Å². The number of ether oxygens (including phenoxy) is 8. The molecule has 12 nitrogen and oxygen atoms in total. The first-order chi connectivity index (χ1) is 31.4. The lowest BCUT2D eigenvalue weighted by Gasteiger charge is -2.50. The van der Waals surface area contributed by atoms with Crippen LogP contribution in [0.3, 0.4) is 0 Å². The van der Waals surface area contributed by atoms with Gasteiger partial charge in [0.15, 0.2) is 25.2 Å². The van der Waals surface area contributed by atoms with E-state index in [1.54, 1.807) is 0 Å². The minimum absolute atomic E-state index is 0.224. The Balaban J connectivity index is 0.000000196. The van der Waals surface area contributed by atoms with E-state index in [-0.39, 0.29) is 6.10 Å². The van der Waals surface area contributed by atoms with Crippen molar-refractivity contribution in [3.8, 4) is 0 Å². The van der Waals surface area contributed by atoms with Gasteiger partial charge in [-0.2, -0.15) is 0 Å². The van der Waals surface area contributed by atoms with Crippen LogP contribution < -0.4 is 0 Å². The van der Waals surface area contributed by atoms with Crippen molar-refractivity contribution < 1.29 is 58.3 Å². The molecule has 0 spiro atoms. The average Bonchev–Trinajstić information content (AvgIpc) is 3.33. The summed E-state index contributed by atoms with van der Waals surface area (Å²) in [5, 5.41) is 40.6. The third-order valence-corrected chi connectivity index (χ3v) is 13.0. The summed E-state index contributed by atoms with van der Waals surface area (Å²) in [6.45, 7) is 14.1. The Labute approximate surface area is 384 Å². The number of aryl methyl sites for hydroxylation is 6. The first-order valence-electron chi connectivity index (χ1n) is 23.5. The van der Waals surface area contributed by atoms with Crippen LogP contribution in [0.15, 0.2) is 84.9 Å². The topological polar surface area (TPSA) is 155 Å². The van der Waals surface area contributed by atoms with Gasteiger partial charge in [0, 0.05) is 22.3 Å². The van der Waals surface area contributed by atoms with Crippen molar-refractivity contribution in [2.45, 2.75) is 167 Å². The molecule has 354 valence electrons. The van der Waals surface area contributed by atoms with E-state index in [1.807, 2.05) is 81.4 Å². The van der Waals surface area contributed by atoms with Crippen molar-refractivity contribution in [1.29, 1.82) is 0 Å². The van der Waals surface area contributed by atoms with Gasteiger partial charge in [-0.05, 0) is 80.3 Å². The lowest BCUT2D eigenvalue weighted by Crippen LogP contribution is -2.61. The lowest BCUT2D eigenvalue weighted by molar-refractivity contribution is -0.391. The second kappa shape index (κ2) is 22.9. The Morgan fingerprint density at radius 3 is 1.42 bits per heavy atom. The third kappa shape index (κ3) is 11.8. The molecule has 8 rings (SSSR count). The molecule has 0 aliphatic carbocycles. The summed E-state index contributed by atoms with van der Waals surface area (Å²) < 4.78 is 49.9. The van der Waals surface area contributed by atoms with Gasteiger partial charge in [0.1, 0.15) is 48.8 Å². The van der Waals surface area contributed by atoms with Gasteiger partial charge in [0.05, 0.1) is 25.9 Å². The zero-order valence-electron chi connectivity index (χ0n) is 39.0. The molecular weight excluding hydrogens is 829 g/mol. The smallest absolute Gasteiger partial charge is 0.184 e. The third-order valence-electron chi connectivity index (χ3n) is 13.0. The van der Waals surface area contributed by atoms with Crippen molar-refractivity contribution in [3.63, 3.8) is 0 Å². The molecule has 65 heavy (non-hydrogen) atoms. The SMILES string of the molecule is CCCc1ccc(C2OC(C(O)CO)C3OC(c4ccc(CCC)cc4)OC(CCC)C3O2)cc1.Cc1ccc(C2OC3COC(c4ccc(C)c(C)c4)OC3C(C(O)CO)O2)cc1C. The first-order valence-corrected chi connectivity index (χ1v) is 23.5. The molecule has 0 radical (unpaired) electrons. The second-order valence-corrected chi connectivity index (χ2v) is 18.0. The maximum atomic E-state index is 10.7. The van der Waals surface area contributed by atoms with E-state index >= 15 is 0 Å². The standard InChI is InChI=1S/C29H40O6.C24H30O6/c1-4-7-19-10-14-21(15-11-19)28-32-24(9-6-3)26-27(35-28)25(23(31)18-30)33-29(34-26)22-16-12-20(8-5-2)13-17-22;1-13-5-7-17(9-15(13)3)23-27-12-20-22(30-23)21(19(26)11-25)29-24(28-20)18-8-6-14(2)16(4)10-18/h10-17,23-31H,4-9,18H2,1-3H3;5-10,19-26H,11-12H2,1-4H3. The molecule has 13 unspecified atom stereocenters. The van der Waals surface area contributed by atoms with Crippen molar-refractivity contribution in [2.24, 2.45) is 0 Å². The fourth-order valence-corrected chi connectivity index (χ4v) is 8.96. The average molecular weight is 899 g/mol. The Kier molecular flexibility index (Phi) is 17.4. The highest BCUT2D eigenvalue weighted by Crippen LogP contribution is 2.43. The second-order valence-electron chi connectivity index (χ2n) is 18.0. The van der Waals surface area contributed by atoms with E-state index in [2.05, 4.69) is 52.0 Å². The van der Waals surface area contributed by atoms with E-state index in [1.165, 1.54) is 22.3 Å². The van der Waals surface area contributed by atoms with Gasteiger partial charge in [-0.25, -0.2) is 0 Å². The van der Waals surface area contributed by atoms with Crippen molar-refractivity contribution >= 4 is 0 Å². The minimum Gasteiger partial charge on any atom is -0.394 e. The molecule has 13 atom stereocenters. The van der Waals surface area contributed by atoms with Crippen LogP contribution in [0.4, 0.5) is 0 Å². The van der Waals surface area contributed by atoms with E-state index in [9.17, 15) is 20.4 Å². The zero-order valence-corrected chi connectivity index (χ0v) is 39.0. The predicted octanol–water partition coefficient (Wildman–Crippen LogP) is 8.18. The summed E-state index contributed by atoms with van der Waals surface area (Å²) in [6, 6.07) is 28.6. The van der Waals surface area contributed by atoms with Crippen LogP contribution in [-0.2, 0) is 50.7 Å². The van der Waals surface area contributed by atoms with E-state index in [0.29, 0.717) is 6.61 Å². The van der Waals surface area contributed by atoms with Crippen LogP contribution in [0.25, 0.3) is 0 Å². The summed E-state index contributed by atoms with van der Waals surface area (Å²) in [4.78, 5) is 0. The van der Waals surface area contributed by atoms with Gasteiger partial charge >= 0.3 is 0 Å². The monoisotopic (exact) mass is 898 g/mol. The molecule has 4 fully saturated rings. The number of fused-ring (bicyclic) bond motifs is 2. The van der Waals surface area contributed by atoms with Crippen LogP contribution >= 0.6 is 0 Å². The quantitative estimate of drug-likeness (QED) is 0.0965. The van der Waals surface area contributed by atoms with Gasteiger partial charge < -0.3 is 58.3 Å². The molecular formula is C53H70O12. The van der Waals surface area contributed by atoms with Crippen LogP contribution in [0, 0.1) is 27.7 Å². The largest absolute Gasteiger partial charge is 0.394 e. The Hall–Kier alpha value is -3.60. The number of rotatable bonds is 14.